The molecule has 0 spiro atoms. The van der Waals surface area contributed by atoms with E-state index in [4.69, 9.17) is 5.73 Å². The van der Waals surface area contributed by atoms with Gasteiger partial charge in [0, 0.05) is 12.0 Å². The Bertz CT molecular complexity index is 517. The molecule has 0 saturated heterocycles. The monoisotopic (exact) mass is 231 g/mol. The van der Waals surface area contributed by atoms with E-state index < -0.39 is 0 Å². The first-order chi connectivity index (χ1) is 8.15. The van der Waals surface area contributed by atoms with Gasteiger partial charge < -0.3 is 5.73 Å². The minimum atomic E-state index is -0.376. The molecule has 17 heavy (non-hydrogen) atoms. The van der Waals surface area contributed by atoms with E-state index in [2.05, 4.69) is 15.4 Å². The van der Waals surface area contributed by atoms with Crippen LogP contribution in [-0.2, 0) is 11.3 Å². The van der Waals surface area contributed by atoms with Gasteiger partial charge in [-0.15, -0.1) is 10.2 Å². The van der Waals surface area contributed by atoms with Crippen molar-refractivity contribution in [1.82, 2.24) is 20.2 Å². The topological polar surface area (TPSA) is 86.7 Å². The lowest BCUT2D eigenvalue weighted by atomic mass is 10.1. The Hall–Kier alpha value is -2.24. The normalized spacial score (nSPS) is 10.4. The fourth-order valence-electron chi connectivity index (χ4n) is 1.37. The second kappa shape index (κ2) is 4.73. The zero-order chi connectivity index (χ0) is 12.3. The summed E-state index contributed by atoms with van der Waals surface area (Å²) in [5, 5.41) is 11.9. The van der Waals surface area contributed by atoms with Crippen molar-refractivity contribution in [2.45, 2.75) is 19.9 Å². The zero-order valence-corrected chi connectivity index (χ0v) is 9.50. The third-order valence-corrected chi connectivity index (χ3v) is 2.32. The lowest BCUT2D eigenvalue weighted by Gasteiger charge is -1.96. The van der Waals surface area contributed by atoms with Crippen molar-refractivity contribution < 1.29 is 4.79 Å². The molecule has 6 nitrogen and oxygen atoms in total. The van der Waals surface area contributed by atoms with E-state index in [0.717, 1.165) is 5.56 Å². The molecule has 2 aromatic rings. The first-order valence-electron chi connectivity index (χ1n) is 5.28. The molecule has 0 aliphatic rings. The lowest BCUT2D eigenvalue weighted by Crippen LogP contribution is -2.15. The first kappa shape index (κ1) is 11.3. The number of carbonyl (C=O) groups excluding carboxylic acids is 1. The molecule has 0 unspecified atom stereocenters. The quantitative estimate of drug-likeness (QED) is 0.831. The summed E-state index contributed by atoms with van der Waals surface area (Å²) < 4.78 is 0. The van der Waals surface area contributed by atoms with Gasteiger partial charge in [0.15, 0.2) is 0 Å². The van der Waals surface area contributed by atoms with Gasteiger partial charge in [-0.3, -0.25) is 4.79 Å². The van der Waals surface area contributed by atoms with Crippen LogP contribution in [0.2, 0.25) is 0 Å². The van der Waals surface area contributed by atoms with Crippen LogP contribution in [0.1, 0.15) is 12.0 Å². The van der Waals surface area contributed by atoms with Gasteiger partial charge >= 0.3 is 0 Å². The van der Waals surface area contributed by atoms with Crippen molar-refractivity contribution in [3.05, 3.63) is 29.8 Å². The second-order valence-corrected chi connectivity index (χ2v) is 3.79. The Balaban J connectivity index is 2.12. The van der Waals surface area contributed by atoms with Gasteiger partial charge in [0.2, 0.25) is 11.7 Å². The smallest absolute Gasteiger partial charge is 0.219 e. The summed E-state index contributed by atoms with van der Waals surface area (Å²) >= 11 is 0. The van der Waals surface area contributed by atoms with E-state index in [-0.39, 0.29) is 12.3 Å². The van der Waals surface area contributed by atoms with Gasteiger partial charge in [0.1, 0.15) is 0 Å². The highest BCUT2D eigenvalue weighted by Gasteiger charge is 2.06. The van der Waals surface area contributed by atoms with Crippen LogP contribution < -0.4 is 5.73 Å². The Morgan fingerprint density at radius 3 is 2.71 bits per heavy atom. The molecule has 0 bridgehead atoms. The molecule has 1 aromatic carbocycles. The summed E-state index contributed by atoms with van der Waals surface area (Å²) in [7, 11) is 0. The van der Waals surface area contributed by atoms with Crippen molar-refractivity contribution in [2.75, 3.05) is 0 Å². The number of hydrogen-bond donors (Lipinski definition) is 1. The van der Waals surface area contributed by atoms with Crippen molar-refractivity contribution in [2.24, 2.45) is 5.73 Å². The van der Waals surface area contributed by atoms with E-state index in [9.17, 15) is 4.79 Å². The minimum absolute atomic E-state index is 0.212. The van der Waals surface area contributed by atoms with Gasteiger partial charge in [-0.25, -0.2) is 0 Å². The maximum atomic E-state index is 10.6. The van der Waals surface area contributed by atoms with E-state index in [1.807, 2.05) is 31.2 Å². The maximum Gasteiger partial charge on any atom is 0.219 e. The molecule has 1 heterocycles. The number of aromatic nitrogens is 4. The molecule has 1 aromatic heterocycles. The predicted molar refractivity (Wildman–Crippen MR) is 61.8 cm³/mol. The number of rotatable bonds is 4. The molecule has 2 rings (SSSR count). The number of tetrazole rings is 1. The van der Waals surface area contributed by atoms with Gasteiger partial charge in [-0.05, 0) is 12.1 Å². The average Bonchev–Trinajstić information content (AvgIpc) is 2.76. The summed E-state index contributed by atoms with van der Waals surface area (Å²) in [5.41, 5.74) is 7.13. The van der Waals surface area contributed by atoms with Gasteiger partial charge in [-0.1, -0.05) is 29.8 Å². The standard InChI is InChI=1S/C11H13N5O/c1-8-2-4-9(5-3-8)11-13-15-16(14-11)7-6-10(12)17/h2-5H,6-7H2,1H3,(H2,12,17). The number of primary amides is 1. The fourth-order valence-corrected chi connectivity index (χ4v) is 1.37. The molecular formula is C11H13N5O. The highest BCUT2D eigenvalue weighted by atomic mass is 16.1. The zero-order valence-electron chi connectivity index (χ0n) is 9.50. The molecule has 0 fully saturated rings. The van der Waals surface area contributed by atoms with Crippen LogP contribution >= 0.6 is 0 Å². The van der Waals surface area contributed by atoms with Crippen LogP contribution in [0.25, 0.3) is 11.4 Å². The molecule has 6 heteroatoms. The third-order valence-electron chi connectivity index (χ3n) is 2.32. The summed E-state index contributed by atoms with van der Waals surface area (Å²) in [5.74, 6) is 0.175. The molecule has 0 radical (unpaired) electrons. The van der Waals surface area contributed by atoms with E-state index in [1.54, 1.807) is 0 Å². The largest absolute Gasteiger partial charge is 0.370 e. The number of nitrogens with zero attached hydrogens (tertiary/aromatic N) is 4. The second-order valence-electron chi connectivity index (χ2n) is 3.79. The van der Waals surface area contributed by atoms with Crippen LogP contribution in [0, 0.1) is 6.92 Å². The van der Waals surface area contributed by atoms with Crippen LogP contribution in [0.15, 0.2) is 24.3 Å². The van der Waals surface area contributed by atoms with Gasteiger partial charge in [-0.2, -0.15) is 4.80 Å². The van der Waals surface area contributed by atoms with Crippen molar-refractivity contribution in [3.8, 4) is 11.4 Å². The Morgan fingerprint density at radius 2 is 2.06 bits per heavy atom. The molecule has 0 atom stereocenters. The Kier molecular flexibility index (Phi) is 3.13. The van der Waals surface area contributed by atoms with E-state index in [1.165, 1.54) is 10.4 Å². The Morgan fingerprint density at radius 1 is 1.35 bits per heavy atom. The highest BCUT2D eigenvalue weighted by Crippen LogP contribution is 2.13. The van der Waals surface area contributed by atoms with E-state index >= 15 is 0 Å². The summed E-state index contributed by atoms with van der Waals surface area (Å²) in [6, 6.07) is 7.84. The molecular weight excluding hydrogens is 218 g/mol. The maximum absolute atomic E-state index is 10.6. The van der Waals surface area contributed by atoms with Crippen molar-refractivity contribution >= 4 is 5.91 Å². The van der Waals surface area contributed by atoms with Crippen molar-refractivity contribution in [3.63, 3.8) is 0 Å². The summed E-state index contributed by atoms with van der Waals surface area (Å²) in [4.78, 5) is 12.0. The van der Waals surface area contributed by atoms with Crippen LogP contribution in [-0.4, -0.2) is 26.1 Å². The van der Waals surface area contributed by atoms with Gasteiger partial charge in [0.25, 0.3) is 0 Å². The molecule has 0 aliphatic carbocycles. The third kappa shape index (κ3) is 2.87. The number of carbonyl (C=O) groups is 1. The number of benzene rings is 1. The molecule has 1 amide bonds. The fraction of sp³-hybridized carbons (Fsp3) is 0.273. The van der Waals surface area contributed by atoms with E-state index in [0.29, 0.717) is 12.4 Å². The summed E-state index contributed by atoms with van der Waals surface area (Å²) in [6.45, 7) is 2.37. The SMILES string of the molecule is Cc1ccc(-c2nnn(CCC(N)=O)n2)cc1. The van der Waals surface area contributed by atoms with Crippen molar-refractivity contribution in [1.29, 1.82) is 0 Å². The number of aryl methyl sites for hydroxylation is 2. The minimum Gasteiger partial charge on any atom is -0.370 e. The van der Waals surface area contributed by atoms with Crippen LogP contribution in [0.4, 0.5) is 0 Å². The number of hydrogen-bond acceptors (Lipinski definition) is 4. The lowest BCUT2D eigenvalue weighted by molar-refractivity contribution is -0.118. The number of amides is 1. The first-order valence-corrected chi connectivity index (χ1v) is 5.28. The Labute approximate surface area is 98.4 Å². The van der Waals surface area contributed by atoms with Gasteiger partial charge in [0.05, 0.1) is 6.54 Å². The number of nitrogens with two attached hydrogens (primary N) is 1. The molecule has 2 N–H and O–H groups in total. The molecule has 0 aliphatic heterocycles. The highest BCUT2D eigenvalue weighted by molar-refractivity contribution is 5.73. The molecule has 0 saturated carbocycles. The van der Waals surface area contributed by atoms with Crippen LogP contribution in [0.3, 0.4) is 0 Å². The van der Waals surface area contributed by atoms with Crippen LogP contribution in [0.5, 0.6) is 0 Å². The predicted octanol–water partition coefficient (Wildman–Crippen LogP) is 0.524. The average molecular weight is 231 g/mol. The summed E-state index contributed by atoms with van der Waals surface area (Å²) in [6.07, 6.45) is 0.212. The molecule has 88 valence electrons.